The van der Waals surface area contributed by atoms with E-state index in [1.807, 2.05) is 6.92 Å². The highest BCUT2D eigenvalue weighted by Crippen LogP contribution is 2.58. The molecule has 0 aromatic rings. The molecule has 146 valence electrons. The van der Waals surface area contributed by atoms with Crippen LogP contribution in [0, 0.1) is 28.6 Å². The van der Waals surface area contributed by atoms with E-state index in [1.165, 1.54) is 12.7 Å². The van der Waals surface area contributed by atoms with Gasteiger partial charge in [0.2, 0.25) is 0 Å². The SMILES string of the molecule is COC(=O)[C@@]1(C)CCC=C2[C@@H]1CC[C@@H](C)[C@]2(C)CC[C@@H]1C(=O)OC[C@@H]1O. The van der Waals surface area contributed by atoms with E-state index >= 15 is 0 Å². The first-order valence-electron chi connectivity index (χ1n) is 9.87. The van der Waals surface area contributed by atoms with E-state index in [-0.39, 0.29) is 29.9 Å². The molecule has 1 N–H and O–H groups in total. The summed E-state index contributed by atoms with van der Waals surface area (Å²) in [6.45, 7) is 6.70. The van der Waals surface area contributed by atoms with Gasteiger partial charge in [0.1, 0.15) is 12.7 Å². The van der Waals surface area contributed by atoms with E-state index in [9.17, 15) is 14.7 Å². The highest BCUT2D eigenvalue weighted by atomic mass is 16.6. The predicted octanol–water partition coefficient (Wildman–Crippen LogP) is 3.25. The summed E-state index contributed by atoms with van der Waals surface area (Å²) in [6, 6.07) is 0. The van der Waals surface area contributed by atoms with Gasteiger partial charge < -0.3 is 14.6 Å². The van der Waals surface area contributed by atoms with Gasteiger partial charge in [0, 0.05) is 0 Å². The summed E-state index contributed by atoms with van der Waals surface area (Å²) in [6.07, 6.45) is 6.85. The lowest BCUT2D eigenvalue weighted by atomic mass is 9.51. The Kier molecular flexibility index (Phi) is 5.22. The number of hydrogen-bond donors (Lipinski definition) is 1. The average molecular weight is 364 g/mol. The number of fused-ring (bicyclic) bond motifs is 1. The molecule has 0 aromatic carbocycles. The molecule has 2 aliphatic carbocycles. The summed E-state index contributed by atoms with van der Waals surface area (Å²) in [4.78, 5) is 24.4. The van der Waals surface area contributed by atoms with Crippen LogP contribution in [0.1, 0.15) is 59.3 Å². The Labute approximate surface area is 156 Å². The van der Waals surface area contributed by atoms with E-state index in [2.05, 4.69) is 19.9 Å². The topological polar surface area (TPSA) is 72.8 Å². The zero-order valence-corrected chi connectivity index (χ0v) is 16.4. The normalized spacial score (nSPS) is 42.7. The molecular formula is C21H32O5. The van der Waals surface area contributed by atoms with Crippen LogP contribution >= 0.6 is 0 Å². The van der Waals surface area contributed by atoms with Crippen LogP contribution in [0.4, 0.5) is 0 Å². The maximum absolute atomic E-state index is 12.5. The van der Waals surface area contributed by atoms with E-state index < -0.39 is 17.4 Å². The molecule has 1 aliphatic heterocycles. The van der Waals surface area contributed by atoms with Gasteiger partial charge in [0.15, 0.2) is 0 Å². The van der Waals surface area contributed by atoms with Crippen molar-refractivity contribution in [2.45, 2.75) is 65.4 Å². The molecule has 6 atom stereocenters. The molecular weight excluding hydrogens is 332 g/mol. The third-order valence-corrected chi connectivity index (χ3v) is 7.60. The Morgan fingerprint density at radius 1 is 1.38 bits per heavy atom. The maximum Gasteiger partial charge on any atom is 0.312 e. The van der Waals surface area contributed by atoms with Crippen LogP contribution in [-0.2, 0) is 19.1 Å². The number of rotatable bonds is 4. The van der Waals surface area contributed by atoms with E-state index in [1.54, 1.807) is 0 Å². The Bertz CT molecular complexity index is 612. The van der Waals surface area contributed by atoms with Crippen molar-refractivity contribution in [2.75, 3.05) is 13.7 Å². The number of methoxy groups -OCH3 is 1. The van der Waals surface area contributed by atoms with Crippen molar-refractivity contribution in [1.29, 1.82) is 0 Å². The van der Waals surface area contributed by atoms with Gasteiger partial charge in [-0.3, -0.25) is 9.59 Å². The highest BCUT2D eigenvalue weighted by molar-refractivity contribution is 5.78. The first kappa shape index (κ1) is 19.4. The monoisotopic (exact) mass is 364 g/mol. The number of hydrogen-bond acceptors (Lipinski definition) is 5. The second-order valence-electron chi connectivity index (χ2n) is 8.90. The zero-order valence-electron chi connectivity index (χ0n) is 16.4. The van der Waals surface area contributed by atoms with Crippen molar-refractivity contribution >= 4 is 11.9 Å². The number of allylic oxidation sites excluding steroid dienone is 2. The number of ether oxygens (including phenoxy) is 2. The van der Waals surface area contributed by atoms with Crippen LogP contribution in [0.2, 0.25) is 0 Å². The molecule has 0 amide bonds. The molecule has 1 saturated heterocycles. The molecule has 2 fully saturated rings. The third kappa shape index (κ3) is 2.98. The second kappa shape index (κ2) is 6.99. The molecule has 3 rings (SSSR count). The molecule has 1 heterocycles. The lowest BCUT2D eigenvalue weighted by Gasteiger charge is -2.53. The predicted molar refractivity (Wildman–Crippen MR) is 97.1 cm³/mol. The molecule has 0 aromatic heterocycles. The molecule has 5 nitrogen and oxygen atoms in total. The van der Waals surface area contributed by atoms with Gasteiger partial charge in [-0.05, 0) is 62.7 Å². The molecule has 5 heteroatoms. The van der Waals surface area contributed by atoms with Crippen molar-refractivity contribution in [1.82, 2.24) is 0 Å². The third-order valence-electron chi connectivity index (χ3n) is 7.60. The summed E-state index contributed by atoms with van der Waals surface area (Å²) < 4.78 is 10.1. The van der Waals surface area contributed by atoms with Gasteiger partial charge >= 0.3 is 11.9 Å². The van der Waals surface area contributed by atoms with Crippen molar-refractivity contribution in [3.8, 4) is 0 Å². The van der Waals surface area contributed by atoms with Gasteiger partial charge in [-0.25, -0.2) is 0 Å². The first-order chi connectivity index (χ1) is 12.2. The minimum Gasteiger partial charge on any atom is -0.469 e. The van der Waals surface area contributed by atoms with Crippen molar-refractivity contribution in [2.24, 2.45) is 28.6 Å². The second-order valence-corrected chi connectivity index (χ2v) is 8.90. The first-order valence-corrected chi connectivity index (χ1v) is 9.87. The van der Waals surface area contributed by atoms with Gasteiger partial charge in [-0.2, -0.15) is 0 Å². The lowest BCUT2D eigenvalue weighted by Crippen LogP contribution is -2.48. The van der Waals surface area contributed by atoms with Gasteiger partial charge in [0.05, 0.1) is 18.4 Å². The molecule has 1 saturated carbocycles. The van der Waals surface area contributed by atoms with E-state index in [0.717, 1.165) is 32.1 Å². The fourth-order valence-electron chi connectivity index (χ4n) is 5.49. The fourth-order valence-corrected chi connectivity index (χ4v) is 5.49. The highest BCUT2D eigenvalue weighted by Gasteiger charge is 2.53. The van der Waals surface area contributed by atoms with Gasteiger partial charge in [-0.1, -0.05) is 25.5 Å². The number of carbonyl (C=O) groups excluding carboxylic acids is 2. The molecule has 0 bridgehead atoms. The minimum absolute atomic E-state index is 0.0682. The largest absolute Gasteiger partial charge is 0.469 e. The average Bonchev–Trinajstić information content (AvgIpc) is 2.94. The van der Waals surface area contributed by atoms with Crippen molar-refractivity contribution in [3.05, 3.63) is 11.6 Å². The Balaban J connectivity index is 1.84. The van der Waals surface area contributed by atoms with Gasteiger partial charge in [0.25, 0.3) is 0 Å². The summed E-state index contributed by atoms with van der Waals surface area (Å²) in [5.41, 5.74) is 0.823. The van der Waals surface area contributed by atoms with Crippen LogP contribution in [0.25, 0.3) is 0 Å². The minimum atomic E-state index is -0.693. The maximum atomic E-state index is 12.5. The van der Waals surface area contributed by atoms with Crippen molar-refractivity contribution in [3.63, 3.8) is 0 Å². The Morgan fingerprint density at radius 3 is 2.73 bits per heavy atom. The number of aliphatic hydroxyl groups excluding tert-OH is 1. The number of cyclic esters (lactones) is 1. The Morgan fingerprint density at radius 2 is 2.12 bits per heavy atom. The molecule has 0 spiro atoms. The standard InChI is InChI=1S/C21H32O5/c1-13-7-8-16-15(6-5-10-21(16,3)19(24)25-4)20(13,2)11-9-14-17(22)12-26-18(14)23/h6,13-14,16-17,22H,5,7-12H2,1-4H3/t13-,14+,16+,17+,20+,21+/m1/s1. The van der Waals surface area contributed by atoms with Crippen LogP contribution in [0.3, 0.4) is 0 Å². The van der Waals surface area contributed by atoms with Crippen LogP contribution < -0.4 is 0 Å². The van der Waals surface area contributed by atoms with E-state index in [4.69, 9.17) is 9.47 Å². The van der Waals surface area contributed by atoms with Crippen LogP contribution in [0.5, 0.6) is 0 Å². The lowest BCUT2D eigenvalue weighted by molar-refractivity contribution is -0.156. The molecule has 0 radical (unpaired) electrons. The number of esters is 2. The number of carbonyl (C=O) groups is 2. The van der Waals surface area contributed by atoms with Crippen molar-refractivity contribution < 1.29 is 24.2 Å². The number of aliphatic hydroxyl groups is 1. The summed E-state index contributed by atoms with van der Waals surface area (Å²) in [5, 5.41) is 10.0. The molecule has 0 unspecified atom stereocenters. The molecule has 26 heavy (non-hydrogen) atoms. The van der Waals surface area contributed by atoms with Crippen LogP contribution in [0.15, 0.2) is 11.6 Å². The smallest absolute Gasteiger partial charge is 0.312 e. The summed E-state index contributed by atoms with van der Waals surface area (Å²) >= 11 is 0. The van der Waals surface area contributed by atoms with Crippen LogP contribution in [-0.4, -0.2) is 36.9 Å². The zero-order chi connectivity index (χ0) is 19.1. The summed E-state index contributed by atoms with van der Waals surface area (Å²) in [5.74, 6) is -0.140. The quantitative estimate of drug-likeness (QED) is 0.612. The van der Waals surface area contributed by atoms with E-state index in [0.29, 0.717) is 12.3 Å². The fraction of sp³-hybridized carbons (Fsp3) is 0.810. The molecule has 3 aliphatic rings. The Hall–Kier alpha value is -1.36. The van der Waals surface area contributed by atoms with Gasteiger partial charge in [-0.15, -0.1) is 0 Å². The summed E-state index contributed by atoms with van der Waals surface area (Å²) in [7, 11) is 1.48.